The molecule has 0 aromatic heterocycles. The summed E-state index contributed by atoms with van der Waals surface area (Å²) in [7, 11) is 1.32. The van der Waals surface area contributed by atoms with Gasteiger partial charge in [-0.3, -0.25) is 15.0 Å². The molecule has 180 valence electrons. The molecule has 0 aliphatic carbocycles. The maximum Gasteiger partial charge on any atom is 0.306 e. The lowest BCUT2D eigenvalue weighted by atomic mass is 10.0. The highest BCUT2D eigenvalue weighted by Crippen LogP contribution is 2.24. The molecule has 7 heteroatoms. The molecule has 0 spiro atoms. The Balaban J connectivity index is 1.27. The van der Waals surface area contributed by atoms with Gasteiger partial charge in [0.1, 0.15) is 18.2 Å². The molecule has 4 rings (SSSR count). The minimum atomic E-state index is -0.379. The summed E-state index contributed by atoms with van der Waals surface area (Å²) in [5.41, 5.74) is 4.05. The molecule has 7 nitrogen and oxygen atoms in total. The predicted molar refractivity (Wildman–Crippen MR) is 134 cm³/mol. The molecule has 0 radical (unpaired) electrons. The standard InChI is InChI=1S/C28H29N3O4/c1-34-26(32)16-23-15-24(31-28(23)33)18-35-25-13-11-21(12-14-25)20-7-9-22(10-8-20)27(29)30-17-19-5-3-2-4-6-19/h2-14,23-24H,15-18H2,1H3,(H2,29,30)(H,31,33)/t23-,24-/m0/s1. The van der Waals surface area contributed by atoms with Crippen molar-refractivity contribution < 1.29 is 19.1 Å². The van der Waals surface area contributed by atoms with Crippen LogP contribution in [0.4, 0.5) is 0 Å². The third kappa shape index (κ3) is 6.47. The van der Waals surface area contributed by atoms with Crippen molar-refractivity contribution in [2.45, 2.75) is 25.4 Å². The highest BCUT2D eigenvalue weighted by atomic mass is 16.5. The Hall–Kier alpha value is -4.13. The average Bonchev–Trinajstić information content (AvgIpc) is 3.25. The summed E-state index contributed by atoms with van der Waals surface area (Å²) in [5.74, 6) is 0.220. The lowest BCUT2D eigenvalue weighted by molar-refractivity contribution is -0.143. The lowest BCUT2D eigenvalue weighted by Crippen LogP contribution is -2.31. The van der Waals surface area contributed by atoms with E-state index in [-0.39, 0.29) is 30.3 Å². The number of ether oxygens (including phenoxy) is 2. The minimum Gasteiger partial charge on any atom is -0.491 e. The summed E-state index contributed by atoms with van der Waals surface area (Å²) in [4.78, 5) is 23.5. The largest absolute Gasteiger partial charge is 0.491 e. The van der Waals surface area contributed by atoms with Crippen molar-refractivity contribution in [3.05, 3.63) is 90.0 Å². The summed E-state index contributed by atoms with van der Waals surface area (Å²) in [6.45, 7) is 0.953. The van der Waals surface area contributed by atoms with E-state index in [1.165, 1.54) is 7.11 Å². The quantitative estimate of drug-likeness (QED) is 0.250. The maximum absolute atomic E-state index is 12.0. The fraction of sp³-hybridized carbons (Fsp3) is 0.250. The van der Waals surface area contributed by atoms with Crippen molar-refractivity contribution in [3.63, 3.8) is 0 Å². The van der Waals surface area contributed by atoms with Crippen molar-refractivity contribution in [1.82, 2.24) is 10.6 Å². The Bertz CT molecular complexity index is 1160. The van der Waals surface area contributed by atoms with Crippen molar-refractivity contribution in [3.8, 4) is 16.9 Å². The normalized spacial score (nSPS) is 16.9. The zero-order valence-electron chi connectivity index (χ0n) is 19.6. The Morgan fingerprint density at radius 3 is 2.31 bits per heavy atom. The van der Waals surface area contributed by atoms with Gasteiger partial charge >= 0.3 is 5.97 Å². The number of rotatable bonds is 9. The van der Waals surface area contributed by atoms with E-state index in [0.717, 1.165) is 22.3 Å². The summed E-state index contributed by atoms with van der Waals surface area (Å²) in [5, 5.41) is 14.3. The van der Waals surface area contributed by atoms with Gasteiger partial charge in [-0.2, -0.15) is 0 Å². The minimum absolute atomic E-state index is 0.0921. The van der Waals surface area contributed by atoms with Gasteiger partial charge in [-0.15, -0.1) is 0 Å². The fourth-order valence-electron chi connectivity index (χ4n) is 4.06. The number of hydrogen-bond acceptors (Lipinski definition) is 5. The van der Waals surface area contributed by atoms with E-state index in [2.05, 4.69) is 15.4 Å². The van der Waals surface area contributed by atoms with Crippen LogP contribution in [0.25, 0.3) is 11.1 Å². The molecular weight excluding hydrogens is 442 g/mol. The molecule has 1 aliphatic rings. The predicted octanol–water partition coefficient (Wildman–Crippen LogP) is 3.92. The summed E-state index contributed by atoms with van der Waals surface area (Å²) in [6, 6.07) is 25.5. The Kier molecular flexibility index (Phi) is 7.77. The van der Waals surface area contributed by atoms with Crippen LogP contribution in [0.2, 0.25) is 0 Å². The van der Waals surface area contributed by atoms with Crippen LogP contribution >= 0.6 is 0 Å². The molecule has 1 heterocycles. The van der Waals surface area contributed by atoms with Crippen LogP contribution in [0.5, 0.6) is 5.75 Å². The SMILES string of the molecule is COC(=O)C[C@@H]1C[C@@H](COc2ccc(-c3ccc(C(=N)NCc4ccccc4)cc3)cc2)NC1=O. The number of carbonyl (C=O) groups excluding carboxylic acids is 2. The molecule has 3 N–H and O–H groups in total. The van der Waals surface area contributed by atoms with Crippen molar-refractivity contribution >= 4 is 17.7 Å². The topological polar surface area (TPSA) is 101 Å². The molecule has 3 aromatic carbocycles. The van der Waals surface area contributed by atoms with Crippen LogP contribution in [-0.4, -0.2) is 37.5 Å². The Morgan fingerprint density at radius 1 is 1.00 bits per heavy atom. The number of amides is 1. The number of methoxy groups -OCH3 is 1. The number of esters is 1. The van der Waals surface area contributed by atoms with Gasteiger partial charge in [0.2, 0.25) is 5.91 Å². The third-order valence-corrected chi connectivity index (χ3v) is 6.05. The van der Waals surface area contributed by atoms with Crippen LogP contribution in [0.1, 0.15) is 24.0 Å². The maximum atomic E-state index is 12.0. The van der Waals surface area contributed by atoms with Gasteiger partial charge in [0.05, 0.1) is 25.5 Å². The second-order valence-corrected chi connectivity index (χ2v) is 8.55. The van der Waals surface area contributed by atoms with E-state index in [0.29, 0.717) is 31.2 Å². The molecule has 0 unspecified atom stereocenters. The highest BCUT2D eigenvalue weighted by molar-refractivity contribution is 5.96. The van der Waals surface area contributed by atoms with E-state index in [4.69, 9.17) is 10.1 Å². The molecule has 1 aliphatic heterocycles. The average molecular weight is 472 g/mol. The second-order valence-electron chi connectivity index (χ2n) is 8.55. The van der Waals surface area contributed by atoms with Gasteiger partial charge in [-0.05, 0) is 35.2 Å². The number of hydrogen-bond donors (Lipinski definition) is 3. The molecule has 1 saturated heterocycles. The van der Waals surface area contributed by atoms with Gasteiger partial charge in [0, 0.05) is 12.1 Å². The zero-order chi connectivity index (χ0) is 24.6. The molecular formula is C28H29N3O4. The lowest BCUT2D eigenvalue weighted by Gasteiger charge is -2.13. The first-order valence-corrected chi connectivity index (χ1v) is 11.6. The van der Waals surface area contributed by atoms with Gasteiger partial charge in [0.15, 0.2) is 0 Å². The van der Waals surface area contributed by atoms with Crippen molar-refractivity contribution in [2.24, 2.45) is 5.92 Å². The summed E-state index contributed by atoms with van der Waals surface area (Å²) in [6.07, 6.45) is 0.641. The smallest absolute Gasteiger partial charge is 0.306 e. The van der Waals surface area contributed by atoms with Crippen LogP contribution in [0.15, 0.2) is 78.9 Å². The molecule has 0 bridgehead atoms. The van der Waals surface area contributed by atoms with E-state index in [1.54, 1.807) is 0 Å². The van der Waals surface area contributed by atoms with Crippen LogP contribution in [0.3, 0.4) is 0 Å². The Morgan fingerprint density at radius 2 is 1.66 bits per heavy atom. The van der Waals surface area contributed by atoms with E-state index >= 15 is 0 Å². The third-order valence-electron chi connectivity index (χ3n) is 6.05. The molecule has 2 atom stereocenters. The summed E-state index contributed by atoms with van der Waals surface area (Å²) >= 11 is 0. The number of amidine groups is 1. The highest BCUT2D eigenvalue weighted by Gasteiger charge is 2.34. The molecule has 1 amide bonds. The van der Waals surface area contributed by atoms with Crippen LogP contribution in [0, 0.1) is 11.3 Å². The van der Waals surface area contributed by atoms with Crippen LogP contribution in [-0.2, 0) is 20.9 Å². The van der Waals surface area contributed by atoms with E-state index in [1.807, 2.05) is 78.9 Å². The molecule has 1 fully saturated rings. The number of benzene rings is 3. The van der Waals surface area contributed by atoms with Gasteiger partial charge in [-0.25, -0.2) is 0 Å². The molecule has 35 heavy (non-hydrogen) atoms. The molecule has 0 saturated carbocycles. The van der Waals surface area contributed by atoms with Crippen molar-refractivity contribution in [1.29, 1.82) is 5.41 Å². The van der Waals surface area contributed by atoms with Gasteiger partial charge in [0.25, 0.3) is 0 Å². The van der Waals surface area contributed by atoms with Gasteiger partial charge < -0.3 is 20.1 Å². The zero-order valence-corrected chi connectivity index (χ0v) is 19.6. The first-order valence-electron chi connectivity index (χ1n) is 11.6. The number of nitrogens with one attached hydrogen (secondary N) is 3. The second kappa shape index (κ2) is 11.3. The van der Waals surface area contributed by atoms with E-state index < -0.39 is 0 Å². The monoisotopic (exact) mass is 471 g/mol. The Labute approximate surface area is 205 Å². The molecule has 3 aromatic rings. The van der Waals surface area contributed by atoms with E-state index in [9.17, 15) is 9.59 Å². The number of carbonyl (C=O) groups is 2. The fourth-order valence-corrected chi connectivity index (χ4v) is 4.06. The van der Waals surface area contributed by atoms with Gasteiger partial charge in [-0.1, -0.05) is 66.7 Å². The van der Waals surface area contributed by atoms with Crippen LogP contribution < -0.4 is 15.4 Å². The first-order chi connectivity index (χ1) is 17.0. The van der Waals surface area contributed by atoms with Crippen molar-refractivity contribution in [2.75, 3.05) is 13.7 Å². The first kappa shape index (κ1) is 24.0. The summed E-state index contributed by atoms with van der Waals surface area (Å²) < 4.78 is 10.5.